The Bertz CT molecular complexity index is 672. The van der Waals surface area contributed by atoms with Crippen molar-refractivity contribution in [2.75, 3.05) is 20.2 Å². The third-order valence-electron chi connectivity index (χ3n) is 4.36. The highest BCUT2D eigenvalue weighted by atomic mass is 32.1. The van der Waals surface area contributed by atoms with Gasteiger partial charge in [0.1, 0.15) is 5.01 Å². The smallest absolute Gasteiger partial charge is 0.161 e. The van der Waals surface area contributed by atoms with Gasteiger partial charge in [0, 0.05) is 24.0 Å². The van der Waals surface area contributed by atoms with Crippen molar-refractivity contribution in [3.05, 3.63) is 29.3 Å². The van der Waals surface area contributed by atoms with E-state index < -0.39 is 0 Å². The van der Waals surface area contributed by atoms with Crippen molar-refractivity contribution >= 4 is 11.3 Å². The second-order valence-corrected chi connectivity index (χ2v) is 6.91. The lowest BCUT2D eigenvalue weighted by atomic mass is 10.0. The molecule has 1 aliphatic rings. The molecule has 0 amide bonds. The summed E-state index contributed by atoms with van der Waals surface area (Å²) in [6.07, 6.45) is 0.805. The molecule has 0 radical (unpaired) electrons. The number of aromatic nitrogens is 1. The van der Waals surface area contributed by atoms with Crippen LogP contribution in [-0.2, 0) is 6.54 Å². The number of benzene rings is 1. The number of likely N-dealkylation sites (tertiary alicyclic amines) is 1. The number of ether oxygens (including phenoxy) is 1. The number of aliphatic hydroxyl groups excluding tert-OH is 1. The summed E-state index contributed by atoms with van der Waals surface area (Å²) < 4.78 is 5.15. The SMILES string of the molecule is COc1cc(-c2nc(CN3CCC(C(C)O)C3)cs2)ccc1O. The summed E-state index contributed by atoms with van der Waals surface area (Å²) in [6, 6.07) is 5.28. The third kappa shape index (κ3) is 3.65. The van der Waals surface area contributed by atoms with E-state index in [4.69, 9.17) is 9.72 Å². The van der Waals surface area contributed by atoms with E-state index in [1.54, 1.807) is 23.5 Å². The van der Waals surface area contributed by atoms with Crippen LogP contribution in [0.3, 0.4) is 0 Å². The molecular formula is C17H22N2O3S. The molecule has 124 valence electrons. The molecule has 5 nitrogen and oxygen atoms in total. The Morgan fingerprint density at radius 3 is 3.00 bits per heavy atom. The van der Waals surface area contributed by atoms with E-state index in [1.165, 1.54) is 7.11 Å². The zero-order chi connectivity index (χ0) is 16.4. The monoisotopic (exact) mass is 334 g/mol. The third-order valence-corrected chi connectivity index (χ3v) is 5.30. The lowest BCUT2D eigenvalue weighted by Gasteiger charge is -2.16. The Kier molecular flexibility index (Phi) is 4.84. The van der Waals surface area contributed by atoms with Gasteiger partial charge in [-0.3, -0.25) is 4.90 Å². The first kappa shape index (κ1) is 16.2. The molecule has 2 atom stereocenters. The maximum Gasteiger partial charge on any atom is 0.161 e. The first-order valence-electron chi connectivity index (χ1n) is 7.79. The largest absolute Gasteiger partial charge is 0.504 e. The number of phenols is 1. The van der Waals surface area contributed by atoms with Gasteiger partial charge in [-0.05, 0) is 44.0 Å². The second-order valence-electron chi connectivity index (χ2n) is 6.06. The van der Waals surface area contributed by atoms with Gasteiger partial charge in [0.05, 0.1) is 18.9 Å². The van der Waals surface area contributed by atoms with Gasteiger partial charge in [-0.25, -0.2) is 4.98 Å². The van der Waals surface area contributed by atoms with Gasteiger partial charge >= 0.3 is 0 Å². The number of aliphatic hydroxyl groups is 1. The van der Waals surface area contributed by atoms with Crippen LogP contribution in [0.1, 0.15) is 19.0 Å². The van der Waals surface area contributed by atoms with Crippen LogP contribution in [0.2, 0.25) is 0 Å². The van der Waals surface area contributed by atoms with Crippen molar-refractivity contribution in [2.45, 2.75) is 26.0 Å². The minimum Gasteiger partial charge on any atom is -0.504 e. The van der Waals surface area contributed by atoms with Crippen molar-refractivity contribution in [1.29, 1.82) is 0 Å². The minimum atomic E-state index is -0.240. The zero-order valence-corrected chi connectivity index (χ0v) is 14.2. The van der Waals surface area contributed by atoms with E-state index in [2.05, 4.69) is 10.3 Å². The molecule has 0 spiro atoms. The van der Waals surface area contributed by atoms with E-state index in [-0.39, 0.29) is 11.9 Å². The van der Waals surface area contributed by atoms with E-state index in [0.717, 1.165) is 42.3 Å². The average Bonchev–Trinajstić information content (AvgIpc) is 3.18. The lowest BCUT2D eigenvalue weighted by Crippen LogP contribution is -2.24. The first-order valence-corrected chi connectivity index (χ1v) is 8.67. The number of nitrogens with zero attached hydrogens (tertiary/aromatic N) is 2. The predicted molar refractivity (Wildman–Crippen MR) is 90.8 cm³/mol. The van der Waals surface area contributed by atoms with Crippen LogP contribution >= 0.6 is 11.3 Å². The molecule has 6 heteroatoms. The summed E-state index contributed by atoms with van der Waals surface area (Å²) in [5.41, 5.74) is 1.99. The molecule has 0 saturated carbocycles. The Morgan fingerprint density at radius 1 is 1.48 bits per heavy atom. The summed E-state index contributed by atoms with van der Waals surface area (Å²) in [4.78, 5) is 7.04. The van der Waals surface area contributed by atoms with Crippen LogP contribution < -0.4 is 4.74 Å². The quantitative estimate of drug-likeness (QED) is 0.880. The maximum atomic E-state index is 9.69. The summed E-state index contributed by atoms with van der Waals surface area (Å²) >= 11 is 1.59. The molecule has 1 saturated heterocycles. The number of thiazole rings is 1. The van der Waals surface area contributed by atoms with Gasteiger partial charge in [0.15, 0.2) is 11.5 Å². The van der Waals surface area contributed by atoms with Crippen LogP contribution in [0.25, 0.3) is 10.6 Å². The van der Waals surface area contributed by atoms with Crippen molar-refractivity contribution < 1.29 is 14.9 Å². The highest BCUT2D eigenvalue weighted by molar-refractivity contribution is 7.13. The van der Waals surface area contributed by atoms with Crippen LogP contribution in [0.4, 0.5) is 0 Å². The minimum absolute atomic E-state index is 0.134. The summed E-state index contributed by atoms with van der Waals surface area (Å²) in [6.45, 7) is 4.62. The molecule has 0 aliphatic carbocycles. The highest BCUT2D eigenvalue weighted by Crippen LogP contribution is 2.33. The summed E-state index contributed by atoms with van der Waals surface area (Å²) in [5, 5.41) is 22.4. The van der Waals surface area contributed by atoms with Gasteiger partial charge in [-0.2, -0.15) is 0 Å². The molecule has 1 fully saturated rings. The topological polar surface area (TPSA) is 65.8 Å². The van der Waals surface area contributed by atoms with Crippen LogP contribution in [0.5, 0.6) is 11.5 Å². The normalized spacial score (nSPS) is 19.9. The molecule has 1 aromatic carbocycles. The Hall–Kier alpha value is -1.63. The highest BCUT2D eigenvalue weighted by Gasteiger charge is 2.26. The number of rotatable bonds is 5. The van der Waals surface area contributed by atoms with Gasteiger partial charge in [-0.15, -0.1) is 11.3 Å². The van der Waals surface area contributed by atoms with Crippen LogP contribution in [0.15, 0.2) is 23.6 Å². The Balaban J connectivity index is 1.69. The van der Waals surface area contributed by atoms with Crippen molar-refractivity contribution in [3.8, 4) is 22.1 Å². The Labute approximate surface area is 140 Å². The molecule has 2 heterocycles. The number of hydrogen-bond donors (Lipinski definition) is 2. The second kappa shape index (κ2) is 6.86. The predicted octanol–water partition coefficient (Wildman–Crippen LogP) is 2.73. The van der Waals surface area contributed by atoms with Gasteiger partial charge in [-0.1, -0.05) is 0 Å². The van der Waals surface area contributed by atoms with E-state index in [9.17, 15) is 10.2 Å². The molecular weight excluding hydrogens is 312 g/mol. The first-order chi connectivity index (χ1) is 11.1. The number of hydrogen-bond acceptors (Lipinski definition) is 6. The van der Waals surface area contributed by atoms with E-state index >= 15 is 0 Å². The van der Waals surface area contributed by atoms with Crippen LogP contribution in [0, 0.1) is 5.92 Å². The van der Waals surface area contributed by atoms with Crippen molar-refractivity contribution in [3.63, 3.8) is 0 Å². The Morgan fingerprint density at radius 2 is 2.30 bits per heavy atom. The zero-order valence-electron chi connectivity index (χ0n) is 13.4. The molecule has 2 N–H and O–H groups in total. The number of phenolic OH excluding ortho intramolecular Hbond substituents is 1. The number of methoxy groups -OCH3 is 1. The molecule has 2 unspecified atom stereocenters. The fraction of sp³-hybridized carbons (Fsp3) is 0.471. The van der Waals surface area contributed by atoms with E-state index in [1.807, 2.05) is 13.0 Å². The summed E-state index contributed by atoms with van der Waals surface area (Å²) in [5.74, 6) is 0.960. The molecule has 1 aromatic heterocycles. The molecule has 1 aliphatic heterocycles. The van der Waals surface area contributed by atoms with Crippen molar-refractivity contribution in [2.24, 2.45) is 5.92 Å². The standard InChI is InChI=1S/C17H22N2O3S/c1-11(20)13-5-6-19(8-13)9-14-10-23-17(18-14)12-3-4-15(21)16(7-12)22-2/h3-4,7,10-11,13,20-21H,5-6,8-9H2,1-2H3. The fourth-order valence-electron chi connectivity index (χ4n) is 2.95. The average molecular weight is 334 g/mol. The molecule has 2 aromatic rings. The molecule has 3 rings (SSSR count). The van der Waals surface area contributed by atoms with Crippen molar-refractivity contribution in [1.82, 2.24) is 9.88 Å². The lowest BCUT2D eigenvalue weighted by molar-refractivity contribution is 0.127. The molecule has 23 heavy (non-hydrogen) atoms. The fourth-order valence-corrected chi connectivity index (χ4v) is 3.76. The van der Waals surface area contributed by atoms with Gasteiger partial charge in [0.2, 0.25) is 0 Å². The van der Waals surface area contributed by atoms with E-state index in [0.29, 0.717) is 11.7 Å². The van der Waals surface area contributed by atoms with Gasteiger partial charge in [0.25, 0.3) is 0 Å². The number of aromatic hydroxyl groups is 1. The van der Waals surface area contributed by atoms with Gasteiger partial charge < -0.3 is 14.9 Å². The molecule has 0 bridgehead atoms. The van der Waals surface area contributed by atoms with Crippen LogP contribution in [-0.4, -0.2) is 46.4 Å². The summed E-state index contributed by atoms with van der Waals surface area (Å²) in [7, 11) is 1.54. The maximum absolute atomic E-state index is 9.69.